The van der Waals surface area contributed by atoms with Crippen molar-refractivity contribution in [2.75, 3.05) is 6.54 Å². The van der Waals surface area contributed by atoms with E-state index in [1.807, 2.05) is 17.6 Å². The number of hydrogen-bond acceptors (Lipinski definition) is 4. The Kier molecular flexibility index (Phi) is 3.42. The van der Waals surface area contributed by atoms with Gasteiger partial charge in [-0.3, -0.25) is 4.79 Å². The topological polar surface area (TPSA) is 59.2 Å². The third-order valence-electron chi connectivity index (χ3n) is 5.18. The lowest BCUT2D eigenvalue weighted by Crippen LogP contribution is -2.65. The summed E-state index contributed by atoms with van der Waals surface area (Å²) in [5, 5.41) is 0. The van der Waals surface area contributed by atoms with Gasteiger partial charge in [0.15, 0.2) is 0 Å². The first kappa shape index (κ1) is 14.2. The van der Waals surface area contributed by atoms with Gasteiger partial charge >= 0.3 is 0 Å². The lowest BCUT2D eigenvalue weighted by molar-refractivity contribution is -0.145. The van der Waals surface area contributed by atoms with Crippen LogP contribution in [0.3, 0.4) is 0 Å². The van der Waals surface area contributed by atoms with E-state index in [-0.39, 0.29) is 17.5 Å². The molecule has 4 nitrogen and oxygen atoms in total. The molecule has 2 heterocycles. The predicted molar refractivity (Wildman–Crippen MR) is 88.8 cm³/mol. The molecule has 1 aliphatic heterocycles. The number of carbonyl (C=O) groups is 1. The minimum Gasteiger partial charge on any atom is -0.337 e. The third kappa shape index (κ3) is 2.32. The van der Waals surface area contributed by atoms with E-state index >= 15 is 0 Å². The quantitative estimate of drug-likeness (QED) is 0.927. The molecule has 2 fully saturated rings. The Morgan fingerprint density at radius 2 is 2.27 bits per heavy atom. The molecule has 22 heavy (non-hydrogen) atoms. The van der Waals surface area contributed by atoms with Crippen LogP contribution in [0.15, 0.2) is 23.7 Å². The zero-order valence-corrected chi connectivity index (χ0v) is 13.4. The first-order valence-corrected chi connectivity index (χ1v) is 8.92. The number of fused-ring (bicyclic) bond motifs is 1. The highest BCUT2D eigenvalue weighted by Gasteiger charge is 2.49. The average molecular weight is 315 g/mol. The number of amides is 1. The van der Waals surface area contributed by atoms with Gasteiger partial charge in [-0.1, -0.05) is 6.07 Å². The van der Waals surface area contributed by atoms with Gasteiger partial charge in [0.25, 0.3) is 0 Å². The van der Waals surface area contributed by atoms with Crippen molar-refractivity contribution < 1.29 is 4.79 Å². The van der Waals surface area contributed by atoms with Gasteiger partial charge in [-0.2, -0.15) is 0 Å². The number of nitrogens with two attached hydrogens (primary N) is 1. The maximum absolute atomic E-state index is 12.8. The summed E-state index contributed by atoms with van der Waals surface area (Å²) in [6, 6.07) is 6.43. The summed E-state index contributed by atoms with van der Waals surface area (Å²) in [4.78, 5) is 19.3. The van der Waals surface area contributed by atoms with Crippen molar-refractivity contribution >= 4 is 27.5 Å². The third-order valence-corrected chi connectivity index (χ3v) is 5.97. The van der Waals surface area contributed by atoms with Crippen LogP contribution in [0.25, 0.3) is 10.2 Å². The highest BCUT2D eigenvalue weighted by atomic mass is 32.1. The highest BCUT2D eigenvalue weighted by molar-refractivity contribution is 7.16. The molecule has 1 amide bonds. The summed E-state index contributed by atoms with van der Waals surface area (Å²) < 4.78 is 1.16. The Bertz CT molecular complexity index is 699. The lowest BCUT2D eigenvalue weighted by atomic mass is 9.67. The van der Waals surface area contributed by atoms with E-state index in [9.17, 15) is 4.79 Å². The number of likely N-dealkylation sites (tertiary alicyclic amines) is 1. The smallest absolute Gasteiger partial charge is 0.227 e. The number of thiazole rings is 1. The molecular formula is C17H21N3OS. The Balaban J connectivity index is 1.53. The van der Waals surface area contributed by atoms with Crippen LogP contribution >= 0.6 is 11.3 Å². The Labute approximate surface area is 134 Å². The van der Waals surface area contributed by atoms with Crippen LogP contribution in [-0.2, 0) is 11.2 Å². The van der Waals surface area contributed by atoms with Crippen LogP contribution in [-0.4, -0.2) is 33.9 Å². The van der Waals surface area contributed by atoms with E-state index in [0.29, 0.717) is 6.42 Å². The Hall–Kier alpha value is -1.46. The number of carbonyl (C=O) groups excluding carboxylic acids is 1. The van der Waals surface area contributed by atoms with Crippen LogP contribution in [0.1, 0.15) is 37.7 Å². The van der Waals surface area contributed by atoms with Crippen LogP contribution in [0.5, 0.6) is 0 Å². The van der Waals surface area contributed by atoms with Gasteiger partial charge in [-0.25, -0.2) is 4.98 Å². The van der Waals surface area contributed by atoms with E-state index in [1.54, 1.807) is 11.3 Å². The van der Waals surface area contributed by atoms with Crippen molar-refractivity contribution in [3.63, 3.8) is 0 Å². The zero-order chi connectivity index (χ0) is 15.2. The standard InChI is InChI=1S/C17H21N3OS/c18-13-9-17(10-13)5-1-2-6-20(17)16(21)8-12-3-4-14-15(7-12)22-11-19-14/h3-4,7,11,13H,1-2,5-6,8-10,18H2. The van der Waals surface area contributed by atoms with Crippen LogP contribution in [0.4, 0.5) is 0 Å². The van der Waals surface area contributed by atoms with Gasteiger partial charge in [0.2, 0.25) is 5.91 Å². The van der Waals surface area contributed by atoms with Crippen LogP contribution in [0.2, 0.25) is 0 Å². The van der Waals surface area contributed by atoms with Crippen molar-refractivity contribution in [1.29, 1.82) is 0 Å². The number of piperidine rings is 1. The number of nitrogens with zero attached hydrogens (tertiary/aromatic N) is 2. The summed E-state index contributed by atoms with van der Waals surface area (Å²) in [5.41, 5.74) is 10.0. The zero-order valence-electron chi connectivity index (χ0n) is 12.6. The van der Waals surface area contributed by atoms with E-state index in [4.69, 9.17) is 5.73 Å². The number of hydrogen-bond donors (Lipinski definition) is 1. The summed E-state index contributed by atoms with van der Waals surface area (Å²) in [6.45, 7) is 0.897. The van der Waals surface area contributed by atoms with Gasteiger partial charge in [-0.15, -0.1) is 11.3 Å². The van der Waals surface area contributed by atoms with E-state index < -0.39 is 0 Å². The van der Waals surface area contributed by atoms with Gasteiger partial charge < -0.3 is 10.6 Å². The van der Waals surface area contributed by atoms with Crippen molar-refractivity contribution in [3.8, 4) is 0 Å². The van der Waals surface area contributed by atoms with Gasteiger partial charge in [-0.05, 0) is 49.8 Å². The first-order valence-electron chi connectivity index (χ1n) is 8.04. The Morgan fingerprint density at radius 3 is 3.09 bits per heavy atom. The molecule has 1 saturated carbocycles. The minimum atomic E-state index is 0.0728. The average Bonchev–Trinajstić information content (AvgIpc) is 2.94. The summed E-state index contributed by atoms with van der Waals surface area (Å²) in [7, 11) is 0. The van der Waals surface area contributed by atoms with Crippen LogP contribution in [0, 0.1) is 0 Å². The number of rotatable bonds is 2. The second-order valence-electron chi connectivity index (χ2n) is 6.73. The second kappa shape index (κ2) is 5.32. The molecule has 4 rings (SSSR count). The summed E-state index contributed by atoms with van der Waals surface area (Å²) in [6.07, 6.45) is 5.92. The minimum absolute atomic E-state index is 0.0728. The van der Waals surface area contributed by atoms with Crippen molar-refractivity contribution in [2.24, 2.45) is 5.73 Å². The molecule has 5 heteroatoms. The van der Waals surface area contributed by atoms with Gasteiger partial charge in [0.1, 0.15) is 0 Å². The molecular weight excluding hydrogens is 294 g/mol. The van der Waals surface area contributed by atoms with Crippen molar-refractivity contribution in [1.82, 2.24) is 9.88 Å². The molecule has 2 aliphatic rings. The molecule has 1 spiro atoms. The fourth-order valence-corrected chi connectivity index (χ4v) is 4.85. The highest BCUT2D eigenvalue weighted by Crippen LogP contribution is 2.44. The molecule has 1 aromatic heterocycles. The maximum Gasteiger partial charge on any atom is 0.227 e. The SMILES string of the molecule is NC1CC2(CCCCN2C(=O)Cc2ccc3ncsc3c2)C1. The van der Waals surface area contributed by atoms with E-state index in [1.165, 1.54) is 6.42 Å². The second-order valence-corrected chi connectivity index (χ2v) is 7.61. The predicted octanol–water partition coefficient (Wildman–Crippen LogP) is 2.71. The van der Waals surface area contributed by atoms with Gasteiger partial charge in [0.05, 0.1) is 22.1 Å². The van der Waals surface area contributed by atoms with Crippen molar-refractivity contribution in [3.05, 3.63) is 29.3 Å². The van der Waals surface area contributed by atoms with E-state index in [0.717, 1.165) is 48.0 Å². The number of aromatic nitrogens is 1. The molecule has 0 radical (unpaired) electrons. The molecule has 1 aromatic carbocycles. The molecule has 0 unspecified atom stereocenters. The normalized spacial score (nSPS) is 28.0. The fraction of sp³-hybridized carbons (Fsp3) is 0.529. The molecule has 2 aromatic rings. The van der Waals surface area contributed by atoms with Gasteiger partial charge in [0, 0.05) is 18.1 Å². The molecule has 1 aliphatic carbocycles. The molecule has 116 valence electrons. The molecule has 2 N–H and O–H groups in total. The summed E-state index contributed by atoms with van der Waals surface area (Å²) in [5.74, 6) is 0.260. The lowest BCUT2D eigenvalue weighted by Gasteiger charge is -2.56. The first-order chi connectivity index (χ1) is 10.7. The fourth-order valence-electron chi connectivity index (χ4n) is 4.11. The maximum atomic E-state index is 12.8. The Morgan fingerprint density at radius 1 is 1.41 bits per heavy atom. The van der Waals surface area contributed by atoms with E-state index in [2.05, 4.69) is 16.0 Å². The summed E-state index contributed by atoms with van der Waals surface area (Å²) >= 11 is 1.63. The monoisotopic (exact) mass is 315 g/mol. The van der Waals surface area contributed by atoms with Crippen molar-refractivity contribution in [2.45, 2.75) is 50.1 Å². The largest absolute Gasteiger partial charge is 0.337 e. The molecule has 0 atom stereocenters. The van der Waals surface area contributed by atoms with Crippen LogP contribution < -0.4 is 5.73 Å². The molecule has 0 bridgehead atoms. The number of benzene rings is 1. The molecule has 1 saturated heterocycles.